The first-order valence-electron chi connectivity index (χ1n) is 24.1. The van der Waals surface area contributed by atoms with Crippen molar-refractivity contribution in [3.8, 4) is 28.4 Å². The molecule has 0 unspecified atom stereocenters. The van der Waals surface area contributed by atoms with Crippen LogP contribution in [0.1, 0.15) is 97.1 Å². The van der Waals surface area contributed by atoms with E-state index in [4.69, 9.17) is 9.72 Å². The Bertz CT molecular complexity index is 3290. The van der Waals surface area contributed by atoms with Crippen molar-refractivity contribution in [3.63, 3.8) is 0 Å². The zero-order chi connectivity index (χ0) is 48.3. The minimum atomic E-state index is -0.269. The minimum Gasteiger partial charge on any atom is -0.509 e. The SMILES string of the molecule is CC(C)(C)C1=CN(c2[c-]c(Oc3[c-]c4c(cc3)c3ccccc3n4-c3cc(C(C)(C)C)ccn3)cc(-c3ccccc3)c2)[CH-]N1c1cc(C(C)(C)c2ccccc2)cc(C(C)(C)c2ccccc2)c1.[Pt]. The first kappa shape index (κ1) is 48.3. The predicted molar refractivity (Wildman–Crippen MR) is 287 cm³/mol. The molecular formula is C64H61N4OPt-3. The van der Waals surface area contributed by atoms with Crippen molar-refractivity contribution in [2.75, 3.05) is 9.80 Å². The summed E-state index contributed by atoms with van der Waals surface area (Å²) in [5.74, 6) is 2.03. The third-order valence-electron chi connectivity index (χ3n) is 14.0. The summed E-state index contributed by atoms with van der Waals surface area (Å²) in [4.78, 5) is 9.48. The van der Waals surface area contributed by atoms with Crippen LogP contribution >= 0.6 is 0 Å². The zero-order valence-corrected chi connectivity index (χ0v) is 44.2. The second-order valence-corrected chi connectivity index (χ2v) is 21.6. The first-order valence-corrected chi connectivity index (χ1v) is 24.1. The monoisotopic (exact) mass is 1100 g/mol. The smallest absolute Gasteiger partial charge is 0.135 e. The quantitative estimate of drug-likeness (QED) is 0.128. The predicted octanol–water partition coefficient (Wildman–Crippen LogP) is 16.5. The Morgan fingerprint density at radius 3 is 1.71 bits per heavy atom. The molecule has 0 radical (unpaired) electrons. The van der Waals surface area contributed by atoms with Gasteiger partial charge in [0.1, 0.15) is 5.82 Å². The van der Waals surface area contributed by atoms with Crippen molar-refractivity contribution in [2.24, 2.45) is 5.41 Å². The van der Waals surface area contributed by atoms with E-state index in [0.29, 0.717) is 11.5 Å². The molecule has 9 aromatic rings. The number of allylic oxidation sites excluding steroid dienone is 1. The molecule has 5 nitrogen and oxygen atoms in total. The van der Waals surface area contributed by atoms with Gasteiger partial charge in [-0.05, 0) is 80.7 Å². The van der Waals surface area contributed by atoms with Crippen LogP contribution in [-0.4, -0.2) is 9.55 Å². The van der Waals surface area contributed by atoms with E-state index >= 15 is 0 Å². The number of hydrogen-bond acceptors (Lipinski definition) is 4. The second kappa shape index (κ2) is 18.6. The van der Waals surface area contributed by atoms with Crippen LogP contribution < -0.4 is 14.5 Å². The summed E-state index contributed by atoms with van der Waals surface area (Å²) >= 11 is 0. The summed E-state index contributed by atoms with van der Waals surface area (Å²) in [6.45, 7) is 25.1. The molecule has 1 aliphatic heterocycles. The van der Waals surface area contributed by atoms with Crippen molar-refractivity contribution in [1.29, 1.82) is 0 Å². The number of aromatic nitrogens is 2. The Kier molecular flexibility index (Phi) is 12.8. The summed E-state index contributed by atoms with van der Waals surface area (Å²) in [6.07, 6.45) is 4.17. The van der Waals surface area contributed by atoms with Gasteiger partial charge in [-0.2, -0.15) is 6.07 Å². The molecule has 6 heteroatoms. The average Bonchev–Trinajstić information content (AvgIpc) is 3.96. The minimum absolute atomic E-state index is 0. The summed E-state index contributed by atoms with van der Waals surface area (Å²) in [6, 6.07) is 68.0. The summed E-state index contributed by atoms with van der Waals surface area (Å²) in [5, 5.41) is 2.22. The first-order chi connectivity index (χ1) is 32.9. The molecule has 7 aromatic carbocycles. The summed E-state index contributed by atoms with van der Waals surface area (Å²) in [7, 11) is 0. The fraction of sp³-hybridized carbons (Fsp3) is 0.219. The maximum absolute atomic E-state index is 6.89. The molecule has 0 amide bonds. The van der Waals surface area contributed by atoms with Gasteiger partial charge in [0.25, 0.3) is 0 Å². The van der Waals surface area contributed by atoms with Crippen LogP contribution in [0.3, 0.4) is 0 Å². The molecule has 3 heterocycles. The fourth-order valence-electron chi connectivity index (χ4n) is 9.64. The van der Waals surface area contributed by atoms with Crippen LogP contribution in [0.5, 0.6) is 11.5 Å². The van der Waals surface area contributed by atoms with E-state index in [2.05, 4.69) is 272 Å². The topological polar surface area (TPSA) is 33.5 Å². The Morgan fingerprint density at radius 1 is 0.500 bits per heavy atom. The van der Waals surface area contributed by atoms with E-state index in [1.54, 1.807) is 0 Å². The van der Waals surface area contributed by atoms with Gasteiger partial charge in [0.2, 0.25) is 0 Å². The Labute approximate surface area is 429 Å². The van der Waals surface area contributed by atoms with E-state index in [1.165, 1.54) is 27.8 Å². The molecule has 0 saturated carbocycles. The maximum Gasteiger partial charge on any atom is 0.135 e. The van der Waals surface area contributed by atoms with Gasteiger partial charge in [0.05, 0.1) is 0 Å². The van der Waals surface area contributed by atoms with E-state index < -0.39 is 0 Å². The molecule has 0 atom stereocenters. The van der Waals surface area contributed by atoms with Gasteiger partial charge in [0, 0.05) is 71.9 Å². The molecule has 356 valence electrons. The molecule has 0 N–H and O–H groups in total. The van der Waals surface area contributed by atoms with Crippen LogP contribution in [0.25, 0.3) is 38.8 Å². The standard InChI is InChI=1S/C64H61N4O.Pt/c1-61(2,3)48-32-33-65-60(39-48)68-57-29-21-20-28-55(57)56-31-30-53(41-58(56)68)69-54-35-45(44-22-14-11-15-23-44)34-51(40-54)66-42-59(62(4,5)6)67(43-66)52-37-49(63(7,8)46-24-16-12-17-25-46)36-50(38-52)64(9,10)47-26-18-13-19-27-47;/h11-39,42-43H,1-10H3;/q-3;. The number of ether oxygens (including phenoxy) is 1. The van der Waals surface area contributed by atoms with Gasteiger partial charge >= 0.3 is 0 Å². The second-order valence-electron chi connectivity index (χ2n) is 21.6. The van der Waals surface area contributed by atoms with E-state index in [0.717, 1.165) is 55.8 Å². The molecule has 1 aliphatic rings. The van der Waals surface area contributed by atoms with E-state index in [1.807, 2.05) is 12.3 Å². The van der Waals surface area contributed by atoms with Crippen LogP contribution in [0, 0.1) is 24.2 Å². The van der Waals surface area contributed by atoms with Crippen LogP contribution in [0.2, 0.25) is 0 Å². The Hall–Kier alpha value is -6.68. The van der Waals surface area contributed by atoms with Crippen molar-refractivity contribution in [1.82, 2.24) is 9.55 Å². The van der Waals surface area contributed by atoms with Crippen molar-refractivity contribution < 1.29 is 25.8 Å². The molecule has 0 fully saturated rings. The summed E-state index contributed by atoms with van der Waals surface area (Å²) in [5.41, 5.74) is 12.7. The molecule has 70 heavy (non-hydrogen) atoms. The van der Waals surface area contributed by atoms with E-state index in [-0.39, 0.29) is 42.7 Å². The number of nitrogens with zero attached hydrogens (tertiary/aromatic N) is 4. The van der Waals surface area contributed by atoms with Gasteiger partial charge < -0.3 is 19.1 Å². The number of fused-ring (bicyclic) bond motifs is 3. The molecule has 0 aliphatic carbocycles. The van der Waals surface area contributed by atoms with Gasteiger partial charge in [-0.25, -0.2) is 4.98 Å². The molecule has 10 rings (SSSR count). The third kappa shape index (κ3) is 9.25. The number of benzene rings is 7. The number of rotatable bonds is 10. The normalized spacial score (nSPS) is 13.4. The number of para-hydroxylation sites is 1. The molecule has 0 saturated heterocycles. The average molecular weight is 1100 g/mol. The van der Waals surface area contributed by atoms with Gasteiger partial charge in [0.15, 0.2) is 0 Å². The Morgan fingerprint density at radius 2 is 1.10 bits per heavy atom. The number of anilines is 2. The van der Waals surface area contributed by atoms with Crippen LogP contribution in [-0.2, 0) is 37.3 Å². The Balaban J connectivity index is 0.00000608. The van der Waals surface area contributed by atoms with Gasteiger partial charge in [-0.3, -0.25) is 0 Å². The molecule has 2 aromatic heterocycles. The van der Waals surface area contributed by atoms with Crippen LogP contribution in [0.15, 0.2) is 188 Å². The van der Waals surface area contributed by atoms with Gasteiger partial charge in [-0.1, -0.05) is 190 Å². The largest absolute Gasteiger partial charge is 0.509 e. The summed E-state index contributed by atoms with van der Waals surface area (Å²) < 4.78 is 9.10. The molecule has 0 bridgehead atoms. The number of pyridine rings is 1. The van der Waals surface area contributed by atoms with Crippen molar-refractivity contribution in [2.45, 2.75) is 85.5 Å². The van der Waals surface area contributed by atoms with Crippen LogP contribution in [0.4, 0.5) is 11.4 Å². The van der Waals surface area contributed by atoms with E-state index in [9.17, 15) is 0 Å². The maximum atomic E-state index is 6.89. The fourth-order valence-corrected chi connectivity index (χ4v) is 9.64. The molecule has 0 spiro atoms. The number of hydrogen-bond donors (Lipinski definition) is 0. The van der Waals surface area contributed by atoms with Crippen molar-refractivity contribution in [3.05, 3.63) is 235 Å². The molecular weight excluding hydrogens is 1040 g/mol. The third-order valence-corrected chi connectivity index (χ3v) is 14.0. The van der Waals surface area contributed by atoms with Gasteiger partial charge in [-0.15, -0.1) is 53.6 Å². The zero-order valence-electron chi connectivity index (χ0n) is 41.9. The van der Waals surface area contributed by atoms with Crippen molar-refractivity contribution >= 4 is 33.2 Å².